The number of para-hydroxylation sites is 1. The molecule has 8 nitrogen and oxygen atoms in total. The second-order valence-corrected chi connectivity index (χ2v) is 6.78. The van der Waals surface area contributed by atoms with Crippen molar-refractivity contribution in [1.29, 1.82) is 0 Å². The quantitative estimate of drug-likeness (QED) is 0.624. The molecule has 30 heavy (non-hydrogen) atoms. The molecule has 1 aromatic carbocycles. The molecule has 0 unspecified atom stereocenters. The van der Waals surface area contributed by atoms with E-state index in [1.54, 1.807) is 65.8 Å². The highest BCUT2D eigenvalue weighted by Crippen LogP contribution is 2.18. The summed E-state index contributed by atoms with van der Waals surface area (Å²) < 4.78 is 0. The van der Waals surface area contributed by atoms with Crippen LogP contribution in [-0.2, 0) is 6.42 Å². The zero-order valence-corrected chi connectivity index (χ0v) is 16.8. The molecule has 0 atom stereocenters. The Morgan fingerprint density at radius 3 is 2.47 bits per heavy atom. The van der Waals surface area contributed by atoms with Gasteiger partial charge in [0, 0.05) is 56.5 Å². The molecule has 154 valence electrons. The third kappa shape index (κ3) is 5.11. The van der Waals surface area contributed by atoms with Crippen molar-refractivity contribution in [1.82, 2.24) is 9.97 Å². The average molecular weight is 405 g/mol. The highest BCUT2D eigenvalue weighted by atomic mass is 16.4. The molecule has 8 heteroatoms. The number of rotatable bonds is 7. The normalized spacial score (nSPS) is 10.3. The first kappa shape index (κ1) is 20.8. The first-order valence-electron chi connectivity index (χ1n) is 9.40. The zero-order chi connectivity index (χ0) is 21.5. The summed E-state index contributed by atoms with van der Waals surface area (Å²) in [6.07, 6.45) is 2.60. The van der Waals surface area contributed by atoms with Crippen molar-refractivity contribution in [3.8, 4) is 0 Å². The molecule has 0 aliphatic carbocycles. The van der Waals surface area contributed by atoms with E-state index >= 15 is 0 Å². The Labute approximate surface area is 174 Å². The molecule has 2 aromatic heterocycles. The van der Waals surface area contributed by atoms with Gasteiger partial charge in [-0.25, -0.2) is 9.78 Å². The number of carbonyl (C=O) groups excluding carboxylic acids is 1. The van der Waals surface area contributed by atoms with Crippen LogP contribution >= 0.6 is 0 Å². The third-order valence-corrected chi connectivity index (χ3v) is 4.42. The van der Waals surface area contributed by atoms with Gasteiger partial charge >= 0.3 is 6.09 Å². The molecule has 0 aliphatic rings. The summed E-state index contributed by atoms with van der Waals surface area (Å²) in [5.41, 5.74) is 2.32. The first-order chi connectivity index (χ1) is 14.5. The maximum absolute atomic E-state index is 12.7. The van der Waals surface area contributed by atoms with Crippen LogP contribution in [0.4, 0.5) is 22.0 Å². The predicted molar refractivity (Wildman–Crippen MR) is 116 cm³/mol. The number of anilines is 3. The van der Waals surface area contributed by atoms with Crippen molar-refractivity contribution < 1.29 is 14.7 Å². The lowest BCUT2D eigenvalue weighted by Gasteiger charge is -2.19. The highest BCUT2D eigenvalue weighted by molar-refractivity contribution is 6.07. The number of hydrogen-bond acceptors (Lipinski definition) is 5. The molecular weight excluding hydrogens is 382 g/mol. The molecule has 0 bridgehead atoms. The highest BCUT2D eigenvalue weighted by Gasteiger charge is 2.16. The molecule has 2 heterocycles. The average Bonchev–Trinajstić information content (AvgIpc) is 2.74. The summed E-state index contributed by atoms with van der Waals surface area (Å²) >= 11 is 0. The van der Waals surface area contributed by atoms with Gasteiger partial charge < -0.3 is 15.3 Å². The molecule has 0 saturated carbocycles. The molecule has 0 saturated heterocycles. The lowest BCUT2D eigenvalue weighted by molar-refractivity contribution is 0.102. The van der Waals surface area contributed by atoms with E-state index in [0.29, 0.717) is 34.9 Å². The lowest BCUT2D eigenvalue weighted by atomic mass is 10.2. The Bertz CT molecular complexity index is 1020. The van der Waals surface area contributed by atoms with Gasteiger partial charge in [0.05, 0.1) is 5.56 Å². The summed E-state index contributed by atoms with van der Waals surface area (Å²) in [6, 6.07) is 15.8. The summed E-state index contributed by atoms with van der Waals surface area (Å²) in [7, 11) is 3.65. The largest absolute Gasteiger partial charge is 0.465 e. The van der Waals surface area contributed by atoms with Crippen LogP contribution < -0.4 is 15.1 Å². The van der Waals surface area contributed by atoms with Crippen LogP contribution in [0.2, 0.25) is 0 Å². The maximum atomic E-state index is 12.7. The molecule has 3 rings (SSSR count). The Morgan fingerprint density at radius 1 is 1.00 bits per heavy atom. The van der Waals surface area contributed by atoms with Crippen LogP contribution in [0.3, 0.4) is 0 Å². The van der Waals surface area contributed by atoms with Gasteiger partial charge in [0.15, 0.2) is 0 Å². The van der Waals surface area contributed by atoms with Crippen molar-refractivity contribution in [3.63, 3.8) is 0 Å². The fraction of sp³-hybridized carbons (Fsp3) is 0.182. The second kappa shape index (κ2) is 9.51. The maximum Gasteiger partial charge on any atom is 0.411 e. The van der Waals surface area contributed by atoms with Crippen molar-refractivity contribution in [2.24, 2.45) is 0 Å². The van der Waals surface area contributed by atoms with Crippen molar-refractivity contribution in [2.75, 3.05) is 35.8 Å². The number of benzene rings is 1. The van der Waals surface area contributed by atoms with E-state index in [0.717, 1.165) is 0 Å². The molecule has 0 radical (unpaired) electrons. The van der Waals surface area contributed by atoms with Crippen molar-refractivity contribution in [2.45, 2.75) is 6.42 Å². The number of nitrogens with zero attached hydrogens (tertiary/aromatic N) is 4. The molecule has 0 aliphatic heterocycles. The van der Waals surface area contributed by atoms with Gasteiger partial charge in [-0.2, -0.15) is 0 Å². The molecular formula is C22H23N5O3. The second-order valence-electron chi connectivity index (χ2n) is 6.78. The van der Waals surface area contributed by atoms with E-state index in [1.807, 2.05) is 20.2 Å². The van der Waals surface area contributed by atoms with Gasteiger partial charge in [-0.05, 0) is 36.4 Å². The number of carboxylic acid groups (broad SMARTS) is 1. The van der Waals surface area contributed by atoms with Gasteiger partial charge in [0.1, 0.15) is 5.82 Å². The standard InChI is InChI=1S/C22H23N5O3/c1-26(2)20-19(9-6-12-24-20)21(28)25-17-10-13-23-16(15-17)11-14-27(22(29)30)18-7-4-3-5-8-18/h3-10,12-13,15H,11,14H2,1-2H3,(H,29,30)(H,23,25,28). The van der Waals surface area contributed by atoms with Gasteiger partial charge in [-0.1, -0.05) is 18.2 Å². The third-order valence-electron chi connectivity index (χ3n) is 4.42. The topological polar surface area (TPSA) is 98.7 Å². The van der Waals surface area contributed by atoms with E-state index < -0.39 is 6.09 Å². The predicted octanol–water partition coefficient (Wildman–Crippen LogP) is 3.52. The van der Waals surface area contributed by atoms with Crippen molar-refractivity contribution in [3.05, 3.63) is 78.2 Å². The number of hydrogen-bond donors (Lipinski definition) is 2. The number of carbonyl (C=O) groups is 2. The van der Waals surface area contributed by atoms with E-state index in [4.69, 9.17) is 0 Å². The molecule has 3 aromatic rings. The monoisotopic (exact) mass is 405 g/mol. The van der Waals surface area contributed by atoms with E-state index in [1.165, 1.54) is 4.90 Å². The Kier molecular flexibility index (Phi) is 6.59. The van der Waals surface area contributed by atoms with Crippen LogP contribution in [0.15, 0.2) is 67.0 Å². The van der Waals surface area contributed by atoms with Crippen LogP contribution in [0.1, 0.15) is 16.1 Å². The fourth-order valence-electron chi connectivity index (χ4n) is 2.99. The van der Waals surface area contributed by atoms with Crippen LogP contribution in [0.5, 0.6) is 0 Å². The van der Waals surface area contributed by atoms with E-state index in [9.17, 15) is 14.7 Å². The lowest BCUT2D eigenvalue weighted by Crippen LogP contribution is -2.31. The minimum absolute atomic E-state index is 0.247. The zero-order valence-electron chi connectivity index (χ0n) is 16.8. The smallest absolute Gasteiger partial charge is 0.411 e. The first-order valence-corrected chi connectivity index (χ1v) is 9.40. The Hall–Kier alpha value is -3.94. The summed E-state index contributed by atoms with van der Waals surface area (Å²) in [6.45, 7) is 0.247. The van der Waals surface area contributed by atoms with Crippen molar-refractivity contribution >= 4 is 29.2 Å². The SMILES string of the molecule is CN(C)c1ncccc1C(=O)Nc1ccnc(CCN(C(=O)O)c2ccccc2)c1. The Balaban J connectivity index is 1.71. The summed E-state index contributed by atoms with van der Waals surface area (Å²) in [5, 5.41) is 12.4. The van der Waals surface area contributed by atoms with Crippen LogP contribution in [0.25, 0.3) is 0 Å². The number of nitrogens with one attached hydrogen (secondary N) is 1. The molecule has 2 amide bonds. The summed E-state index contributed by atoms with van der Waals surface area (Å²) in [4.78, 5) is 35.9. The number of aromatic nitrogens is 2. The number of amides is 2. The minimum atomic E-state index is -1.03. The van der Waals surface area contributed by atoms with E-state index in [-0.39, 0.29) is 12.5 Å². The minimum Gasteiger partial charge on any atom is -0.465 e. The van der Waals surface area contributed by atoms with Gasteiger partial charge in [-0.3, -0.25) is 14.7 Å². The van der Waals surface area contributed by atoms with Crippen LogP contribution in [0, 0.1) is 0 Å². The van der Waals surface area contributed by atoms with E-state index in [2.05, 4.69) is 15.3 Å². The van der Waals surface area contributed by atoms with Gasteiger partial charge in [0.2, 0.25) is 0 Å². The van der Waals surface area contributed by atoms with Gasteiger partial charge in [-0.15, -0.1) is 0 Å². The van der Waals surface area contributed by atoms with Crippen LogP contribution in [-0.4, -0.2) is 47.7 Å². The number of pyridine rings is 2. The molecule has 0 fully saturated rings. The van der Waals surface area contributed by atoms with Gasteiger partial charge in [0.25, 0.3) is 5.91 Å². The summed E-state index contributed by atoms with van der Waals surface area (Å²) in [5.74, 6) is 0.296. The fourth-order valence-corrected chi connectivity index (χ4v) is 2.99. The molecule has 0 spiro atoms. The molecule has 2 N–H and O–H groups in total. The Morgan fingerprint density at radius 2 is 1.77 bits per heavy atom.